The summed E-state index contributed by atoms with van der Waals surface area (Å²) >= 11 is 1.10. The molecule has 0 saturated heterocycles. The van der Waals surface area contributed by atoms with Gasteiger partial charge < -0.3 is 20.4 Å². The van der Waals surface area contributed by atoms with Crippen molar-refractivity contribution in [2.75, 3.05) is 16.3 Å². The first kappa shape index (κ1) is 22.7. The molecule has 4 N–H and O–H groups in total. The van der Waals surface area contributed by atoms with Crippen LogP contribution in [0.3, 0.4) is 0 Å². The number of nitrogens with zero attached hydrogens (tertiary/aromatic N) is 2. The van der Waals surface area contributed by atoms with E-state index in [1.54, 1.807) is 60.7 Å². The number of fused-ring (bicyclic) bond motifs is 1. The van der Waals surface area contributed by atoms with Gasteiger partial charge in [0, 0.05) is 21.8 Å². The Balaban J connectivity index is 1.24. The lowest BCUT2D eigenvalue weighted by Gasteiger charge is -2.24. The van der Waals surface area contributed by atoms with Crippen molar-refractivity contribution in [1.29, 1.82) is 0 Å². The second-order valence-electron chi connectivity index (χ2n) is 7.67. The van der Waals surface area contributed by atoms with Crippen molar-refractivity contribution in [3.8, 4) is 0 Å². The summed E-state index contributed by atoms with van der Waals surface area (Å²) in [7, 11) is -3.78. The van der Waals surface area contributed by atoms with Crippen LogP contribution >= 0.6 is 11.3 Å². The molecule has 0 atom stereocenters. The second-order valence-corrected chi connectivity index (χ2v) is 10.8. The van der Waals surface area contributed by atoms with Crippen molar-refractivity contribution in [3.63, 3.8) is 0 Å². The molecule has 0 radical (unpaired) electrons. The van der Waals surface area contributed by atoms with Crippen LogP contribution < -0.4 is 31.4 Å². The smallest absolute Gasteiger partial charge is 0.271 e. The molecule has 0 unspecified atom stereocenters. The summed E-state index contributed by atoms with van der Waals surface area (Å²) in [6.07, 6.45) is 1.54. The highest BCUT2D eigenvalue weighted by atomic mass is 32.2. The molecular formula is C24H21N5O4S2. The van der Waals surface area contributed by atoms with Crippen molar-refractivity contribution in [2.24, 2.45) is 10.7 Å². The molecule has 1 amide bonds. The minimum atomic E-state index is -3.78. The Morgan fingerprint density at radius 1 is 1.06 bits per heavy atom. The van der Waals surface area contributed by atoms with Gasteiger partial charge in [-0.05, 0) is 54.6 Å². The van der Waals surface area contributed by atoms with Gasteiger partial charge in [0.1, 0.15) is 16.7 Å². The molecule has 1 aliphatic heterocycles. The SMILES string of the molecule is NC1=c2ccoc2=NCN1c1ccc(NS(=O)(=O)c2ccc(CNC(=O)c3ccccc3)s2)cc1. The quantitative estimate of drug-likeness (QED) is 0.352. The summed E-state index contributed by atoms with van der Waals surface area (Å²) in [4.78, 5) is 19.1. The molecule has 2 aromatic heterocycles. The maximum absolute atomic E-state index is 12.9. The molecule has 2 aromatic carbocycles. The third-order valence-electron chi connectivity index (χ3n) is 5.36. The Morgan fingerprint density at radius 2 is 1.83 bits per heavy atom. The molecule has 178 valence electrons. The molecule has 0 bridgehead atoms. The largest absolute Gasteiger partial charge is 0.446 e. The van der Waals surface area contributed by atoms with Gasteiger partial charge in [0.15, 0.2) is 0 Å². The molecule has 4 aromatic rings. The Bertz CT molecular complexity index is 1590. The second kappa shape index (κ2) is 9.28. The average Bonchev–Trinajstić information content (AvgIpc) is 3.55. The van der Waals surface area contributed by atoms with Crippen LogP contribution in [0.25, 0.3) is 5.82 Å². The fraction of sp³-hybridized carbons (Fsp3) is 0.0833. The predicted molar refractivity (Wildman–Crippen MR) is 134 cm³/mol. The highest BCUT2D eigenvalue weighted by molar-refractivity contribution is 7.94. The molecule has 3 heterocycles. The van der Waals surface area contributed by atoms with E-state index in [2.05, 4.69) is 15.0 Å². The standard InChI is InChI=1S/C24H21N5O4S2/c25-22-20-12-13-33-24(20)27-15-29(22)18-8-6-17(7-9-18)28-35(31,32)21-11-10-19(34-21)14-26-23(30)16-4-2-1-3-5-16/h1-13,28H,14-15,25H2,(H,26,30). The van der Waals surface area contributed by atoms with Gasteiger partial charge in [0.05, 0.1) is 18.0 Å². The van der Waals surface area contributed by atoms with E-state index in [1.165, 1.54) is 12.3 Å². The summed E-state index contributed by atoms with van der Waals surface area (Å²) in [5, 5.41) is 3.52. The van der Waals surface area contributed by atoms with E-state index in [4.69, 9.17) is 10.2 Å². The number of thiophene rings is 1. The van der Waals surface area contributed by atoms with Crippen LogP contribution in [0.5, 0.6) is 0 Å². The van der Waals surface area contributed by atoms with Gasteiger partial charge in [-0.2, -0.15) is 0 Å². The molecule has 11 heteroatoms. The molecule has 0 aliphatic carbocycles. The summed E-state index contributed by atoms with van der Waals surface area (Å²) in [5.41, 5.74) is 8.48. The molecule has 35 heavy (non-hydrogen) atoms. The summed E-state index contributed by atoms with van der Waals surface area (Å²) in [5.74, 6) is 0.299. The molecule has 1 aliphatic rings. The van der Waals surface area contributed by atoms with E-state index in [-0.39, 0.29) is 16.7 Å². The van der Waals surface area contributed by atoms with E-state index in [9.17, 15) is 13.2 Å². The van der Waals surface area contributed by atoms with Gasteiger partial charge >= 0.3 is 0 Å². The maximum Gasteiger partial charge on any atom is 0.271 e. The number of carbonyl (C=O) groups is 1. The Morgan fingerprint density at radius 3 is 2.60 bits per heavy atom. The number of nitrogens with two attached hydrogens (primary N) is 1. The van der Waals surface area contributed by atoms with Crippen LogP contribution in [-0.2, 0) is 16.6 Å². The monoisotopic (exact) mass is 507 g/mol. The minimum Gasteiger partial charge on any atom is -0.446 e. The Labute approximate surface area is 205 Å². The topological polar surface area (TPSA) is 130 Å². The van der Waals surface area contributed by atoms with Crippen molar-refractivity contribution in [3.05, 3.63) is 100 Å². The fourth-order valence-electron chi connectivity index (χ4n) is 3.57. The van der Waals surface area contributed by atoms with Gasteiger partial charge in [0.25, 0.3) is 15.9 Å². The number of nitrogens with one attached hydrogen (secondary N) is 2. The van der Waals surface area contributed by atoms with Gasteiger partial charge in [-0.3, -0.25) is 9.52 Å². The van der Waals surface area contributed by atoms with Gasteiger partial charge in [-0.15, -0.1) is 11.3 Å². The lowest BCUT2D eigenvalue weighted by Crippen LogP contribution is -2.42. The van der Waals surface area contributed by atoms with Crippen LogP contribution in [0.4, 0.5) is 11.4 Å². The molecule has 5 rings (SSSR count). The number of furan rings is 1. The average molecular weight is 508 g/mol. The lowest BCUT2D eigenvalue weighted by molar-refractivity contribution is 0.0951. The van der Waals surface area contributed by atoms with E-state index in [1.807, 2.05) is 11.0 Å². The van der Waals surface area contributed by atoms with E-state index in [0.29, 0.717) is 29.3 Å². The molecule has 0 fully saturated rings. The minimum absolute atomic E-state index is 0.158. The first-order valence-corrected chi connectivity index (χ1v) is 12.9. The van der Waals surface area contributed by atoms with Crippen LogP contribution in [0.15, 0.2) is 92.7 Å². The van der Waals surface area contributed by atoms with Crippen molar-refractivity contribution in [1.82, 2.24) is 5.32 Å². The van der Waals surface area contributed by atoms with Gasteiger partial charge in [-0.25, -0.2) is 13.4 Å². The maximum atomic E-state index is 12.9. The summed E-state index contributed by atoms with van der Waals surface area (Å²) < 4.78 is 33.8. The van der Waals surface area contributed by atoms with Crippen molar-refractivity contribution in [2.45, 2.75) is 10.8 Å². The van der Waals surface area contributed by atoms with Crippen molar-refractivity contribution < 1.29 is 17.6 Å². The summed E-state index contributed by atoms with van der Waals surface area (Å²) in [6, 6.07) is 20.7. The first-order valence-electron chi connectivity index (χ1n) is 10.6. The number of hydrogen-bond donors (Lipinski definition) is 3. The molecule has 9 nitrogen and oxygen atoms in total. The number of hydrogen-bond acceptors (Lipinski definition) is 8. The number of carbonyl (C=O) groups excluding carboxylic acids is 1. The van der Waals surface area contributed by atoms with Crippen LogP contribution in [0, 0.1) is 0 Å². The highest BCUT2D eigenvalue weighted by Gasteiger charge is 2.19. The molecule has 0 saturated carbocycles. The zero-order valence-corrected chi connectivity index (χ0v) is 20.0. The first-order chi connectivity index (χ1) is 16.9. The summed E-state index contributed by atoms with van der Waals surface area (Å²) in [6.45, 7) is 0.538. The van der Waals surface area contributed by atoms with Crippen LogP contribution in [0.1, 0.15) is 15.2 Å². The highest BCUT2D eigenvalue weighted by Crippen LogP contribution is 2.26. The third kappa shape index (κ3) is 4.77. The van der Waals surface area contributed by atoms with Crippen LogP contribution in [0.2, 0.25) is 0 Å². The van der Waals surface area contributed by atoms with Gasteiger partial charge in [-0.1, -0.05) is 18.2 Å². The number of sulfonamides is 1. The van der Waals surface area contributed by atoms with E-state index >= 15 is 0 Å². The number of rotatable bonds is 7. The number of amides is 1. The van der Waals surface area contributed by atoms with Crippen LogP contribution in [-0.4, -0.2) is 21.0 Å². The third-order valence-corrected chi connectivity index (χ3v) is 8.32. The van der Waals surface area contributed by atoms with Crippen molar-refractivity contribution >= 4 is 44.5 Å². The van der Waals surface area contributed by atoms with E-state index in [0.717, 1.165) is 27.1 Å². The number of anilines is 2. The molecule has 0 spiro atoms. The Hall–Kier alpha value is -4.09. The zero-order chi connectivity index (χ0) is 24.4. The normalized spacial score (nSPS) is 13.1. The zero-order valence-electron chi connectivity index (χ0n) is 18.3. The number of benzene rings is 2. The lowest BCUT2D eigenvalue weighted by atomic mass is 10.2. The van der Waals surface area contributed by atoms with E-state index < -0.39 is 10.0 Å². The molecular weight excluding hydrogens is 486 g/mol. The predicted octanol–water partition coefficient (Wildman–Crippen LogP) is 2.19. The Kier molecular flexibility index (Phi) is 6.01. The fourth-order valence-corrected chi connectivity index (χ4v) is 5.92. The van der Waals surface area contributed by atoms with Gasteiger partial charge in [0.2, 0.25) is 5.55 Å².